The zero-order chi connectivity index (χ0) is 13.4. The van der Waals surface area contributed by atoms with Crippen LogP contribution in [0.15, 0.2) is 10.9 Å². The van der Waals surface area contributed by atoms with Gasteiger partial charge in [-0.1, -0.05) is 5.16 Å². The average Bonchev–Trinajstić information content (AvgIpc) is 2.78. The predicted octanol–water partition coefficient (Wildman–Crippen LogP) is 0.512. The van der Waals surface area contributed by atoms with Gasteiger partial charge in [0.2, 0.25) is 6.39 Å². The van der Waals surface area contributed by atoms with E-state index in [9.17, 15) is 9.59 Å². The lowest BCUT2D eigenvalue weighted by Gasteiger charge is -2.13. The van der Waals surface area contributed by atoms with E-state index in [2.05, 4.69) is 25.3 Å². The lowest BCUT2D eigenvalue weighted by atomic mass is 10.1. The summed E-state index contributed by atoms with van der Waals surface area (Å²) in [5.74, 6) is -0.438. The third kappa shape index (κ3) is 5.83. The van der Waals surface area contributed by atoms with Gasteiger partial charge in [-0.15, -0.1) is 0 Å². The van der Waals surface area contributed by atoms with E-state index < -0.39 is 5.97 Å². The van der Waals surface area contributed by atoms with Crippen LogP contribution >= 0.6 is 0 Å². The maximum Gasteiger partial charge on any atom is 0.315 e. The Morgan fingerprint density at radius 3 is 2.94 bits per heavy atom. The Bertz CT molecular complexity index is 379. The number of carboxylic acids is 1. The molecule has 0 aliphatic carbocycles. The lowest BCUT2D eigenvalue weighted by Crippen LogP contribution is -2.40. The summed E-state index contributed by atoms with van der Waals surface area (Å²) in [5.41, 5.74) is 0. The SMILES string of the molecule is CC(CCCC(=O)O)NC(=O)NCc1ncon1. The predicted molar refractivity (Wildman–Crippen MR) is 60.6 cm³/mol. The molecule has 8 nitrogen and oxygen atoms in total. The van der Waals surface area contributed by atoms with Gasteiger partial charge in [-0.3, -0.25) is 4.79 Å². The van der Waals surface area contributed by atoms with Crippen LogP contribution in [0.3, 0.4) is 0 Å². The Hall–Kier alpha value is -2.12. The molecule has 1 heterocycles. The molecule has 0 aliphatic heterocycles. The van der Waals surface area contributed by atoms with E-state index >= 15 is 0 Å². The number of aromatic nitrogens is 2. The molecule has 2 amide bonds. The quantitative estimate of drug-likeness (QED) is 0.654. The van der Waals surface area contributed by atoms with Gasteiger partial charge >= 0.3 is 12.0 Å². The number of aliphatic carboxylic acids is 1. The van der Waals surface area contributed by atoms with E-state index in [1.807, 2.05) is 6.92 Å². The Labute approximate surface area is 104 Å². The van der Waals surface area contributed by atoms with Gasteiger partial charge in [-0.05, 0) is 19.8 Å². The highest BCUT2D eigenvalue weighted by atomic mass is 16.5. The van der Waals surface area contributed by atoms with Crippen molar-refractivity contribution in [3.05, 3.63) is 12.2 Å². The van der Waals surface area contributed by atoms with Crippen molar-refractivity contribution in [1.82, 2.24) is 20.8 Å². The van der Waals surface area contributed by atoms with Crippen LogP contribution in [0.1, 0.15) is 32.0 Å². The van der Waals surface area contributed by atoms with Gasteiger partial charge in [0, 0.05) is 12.5 Å². The fourth-order valence-electron chi connectivity index (χ4n) is 1.34. The molecule has 1 aromatic rings. The summed E-state index contributed by atoms with van der Waals surface area (Å²) in [6, 6.07) is -0.433. The Morgan fingerprint density at radius 1 is 1.56 bits per heavy atom. The van der Waals surface area contributed by atoms with Crippen LogP contribution in [-0.4, -0.2) is 33.3 Å². The van der Waals surface area contributed by atoms with Gasteiger partial charge < -0.3 is 20.3 Å². The number of carbonyl (C=O) groups excluding carboxylic acids is 1. The van der Waals surface area contributed by atoms with Crippen LogP contribution < -0.4 is 10.6 Å². The fraction of sp³-hybridized carbons (Fsp3) is 0.600. The normalized spacial score (nSPS) is 11.8. The van der Waals surface area contributed by atoms with Crippen molar-refractivity contribution in [2.75, 3.05) is 0 Å². The van der Waals surface area contributed by atoms with Gasteiger partial charge in [0.25, 0.3) is 0 Å². The lowest BCUT2D eigenvalue weighted by molar-refractivity contribution is -0.137. The number of hydrogen-bond acceptors (Lipinski definition) is 5. The summed E-state index contributed by atoms with van der Waals surface area (Å²) >= 11 is 0. The maximum absolute atomic E-state index is 11.4. The molecule has 18 heavy (non-hydrogen) atoms. The molecule has 1 aromatic heterocycles. The van der Waals surface area contributed by atoms with E-state index in [0.29, 0.717) is 18.7 Å². The number of nitrogens with one attached hydrogen (secondary N) is 2. The van der Waals surface area contributed by atoms with Crippen LogP contribution in [-0.2, 0) is 11.3 Å². The third-order valence-electron chi connectivity index (χ3n) is 2.22. The second-order valence-electron chi connectivity index (χ2n) is 3.86. The highest BCUT2D eigenvalue weighted by Gasteiger charge is 2.08. The minimum absolute atomic E-state index is 0.0883. The largest absolute Gasteiger partial charge is 0.481 e. The number of carboxylic acid groups (broad SMARTS) is 1. The van der Waals surface area contributed by atoms with Gasteiger partial charge in [-0.25, -0.2) is 4.79 Å². The minimum Gasteiger partial charge on any atom is -0.481 e. The van der Waals surface area contributed by atoms with Crippen molar-refractivity contribution in [3.8, 4) is 0 Å². The first kappa shape index (κ1) is 13.9. The van der Waals surface area contributed by atoms with E-state index in [-0.39, 0.29) is 25.0 Å². The number of nitrogens with zero attached hydrogens (tertiary/aromatic N) is 2. The van der Waals surface area contributed by atoms with Gasteiger partial charge in [0.1, 0.15) is 0 Å². The van der Waals surface area contributed by atoms with Gasteiger partial charge in [0.15, 0.2) is 5.82 Å². The summed E-state index contributed by atoms with van der Waals surface area (Å²) < 4.78 is 4.51. The minimum atomic E-state index is -0.830. The highest BCUT2D eigenvalue weighted by Crippen LogP contribution is 2.00. The first-order chi connectivity index (χ1) is 8.58. The molecule has 100 valence electrons. The van der Waals surface area contributed by atoms with Crippen LogP contribution in [0.25, 0.3) is 0 Å². The molecule has 0 aromatic carbocycles. The molecule has 1 unspecified atom stereocenters. The average molecular weight is 256 g/mol. The molecule has 1 atom stereocenters. The summed E-state index contributed by atoms with van der Waals surface area (Å²) in [5, 5.41) is 17.3. The van der Waals surface area contributed by atoms with Gasteiger partial charge in [0.05, 0.1) is 6.54 Å². The second kappa shape index (κ2) is 7.25. The number of carbonyl (C=O) groups is 2. The molecule has 0 saturated heterocycles. The van der Waals surface area contributed by atoms with E-state index in [1.54, 1.807) is 0 Å². The maximum atomic E-state index is 11.4. The van der Waals surface area contributed by atoms with Gasteiger partial charge in [-0.2, -0.15) is 4.98 Å². The van der Waals surface area contributed by atoms with Crippen LogP contribution in [0.5, 0.6) is 0 Å². The van der Waals surface area contributed by atoms with Crippen LogP contribution in [0.4, 0.5) is 4.79 Å². The smallest absolute Gasteiger partial charge is 0.315 e. The Morgan fingerprint density at radius 2 is 2.33 bits per heavy atom. The van der Waals surface area contributed by atoms with Crippen LogP contribution in [0, 0.1) is 0 Å². The summed E-state index contributed by atoms with van der Waals surface area (Å²) in [4.78, 5) is 25.5. The molecule has 0 bridgehead atoms. The second-order valence-corrected chi connectivity index (χ2v) is 3.86. The van der Waals surface area contributed by atoms with E-state index in [1.165, 1.54) is 6.39 Å². The van der Waals surface area contributed by atoms with Crippen molar-refractivity contribution in [2.45, 2.75) is 38.8 Å². The first-order valence-electron chi connectivity index (χ1n) is 5.59. The zero-order valence-electron chi connectivity index (χ0n) is 10.0. The molecule has 0 aliphatic rings. The summed E-state index contributed by atoms with van der Waals surface area (Å²) in [6.07, 6.45) is 2.43. The van der Waals surface area contributed by atoms with E-state index in [0.717, 1.165) is 0 Å². The first-order valence-corrected chi connectivity index (χ1v) is 5.59. The van der Waals surface area contributed by atoms with Crippen molar-refractivity contribution in [1.29, 1.82) is 0 Å². The summed E-state index contributed by atoms with van der Waals surface area (Å²) in [6.45, 7) is 2.00. The third-order valence-corrected chi connectivity index (χ3v) is 2.22. The van der Waals surface area contributed by atoms with Crippen molar-refractivity contribution in [3.63, 3.8) is 0 Å². The van der Waals surface area contributed by atoms with E-state index in [4.69, 9.17) is 5.11 Å². The number of rotatable bonds is 7. The molecule has 0 fully saturated rings. The Kier molecular flexibility index (Phi) is 5.62. The molecular formula is C10H16N4O4. The molecule has 0 saturated carbocycles. The molecular weight excluding hydrogens is 240 g/mol. The standard InChI is InChI=1S/C10H16N4O4/c1-7(3-2-4-9(15)16)13-10(17)11-5-8-12-6-18-14-8/h6-7H,2-5H2,1H3,(H,15,16)(H2,11,13,17). The number of urea groups is 1. The monoisotopic (exact) mass is 256 g/mol. The number of hydrogen-bond donors (Lipinski definition) is 3. The summed E-state index contributed by atoms with van der Waals surface area (Å²) in [7, 11) is 0. The van der Waals surface area contributed by atoms with Crippen LogP contribution in [0.2, 0.25) is 0 Å². The number of amides is 2. The topological polar surface area (TPSA) is 117 Å². The molecule has 1 rings (SSSR count). The molecule has 0 spiro atoms. The Balaban J connectivity index is 2.13. The van der Waals surface area contributed by atoms with Crippen molar-refractivity contribution >= 4 is 12.0 Å². The van der Waals surface area contributed by atoms with Crippen molar-refractivity contribution in [2.24, 2.45) is 0 Å². The molecule has 8 heteroatoms. The highest BCUT2D eigenvalue weighted by molar-refractivity contribution is 5.74. The van der Waals surface area contributed by atoms with Crippen molar-refractivity contribution < 1.29 is 19.2 Å². The molecule has 3 N–H and O–H groups in total. The fourth-order valence-corrected chi connectivity index (χ4v) is 1.34. The zero-order valence-corrected chi connectivity index (χ0v) is 10.0. The molecule has 0 radical (unpaired) electrons.